The van der Waals surface area contributed by atoms with Crippen LogP contribution in [0.5, 0.6) is 0 Å². The number of anilines is 1. The number of fused-ring (bicyclic) bond motifs is 1. The highest BCUT2D eigenvalue weighted by Gasteiger charge is 2.26. The SMILES string of the molecule is O=C(Nc1ccccc1Cl)C1CCN(Cc2nc3ccccc3n2-c2cccc(Br)c2)CC1. The Labute approximate surface area is 206 Å². The average molecular weight is 524 g/mol. The van der Waals surface area contributed by atoms with Crippen LogP contribution in [0, 0.1) is 5.92 Å². The highest BCUT2D eigenvalue weighted by molar-refractivity contribution is 9.10. The minimum atomic E-state index is -0.0126. The fourth-order valence-corrected chi connectivity index (χ4v) is 5.01. The number of nitrogens with zero attached hydrogens (tertiary/aromatic N) is 3. The predicted octanol–water partition coefficient (Wildman–Crippen LogP) is 6.29. The molecule has 0 aliphatic carbocycles. The van der Waals surface area contributed by atoms with Gasteiger partial charge in [-0.05, 0) is 68.4 Å². The third-order valence-corrected chi connectivity index (χ3v) is 6.97. The average Bonchev–Trinajstić information content (AvgIpc) is 3.19. The van der Waals surface area contributed by atoms with E-state index in [2.05, 4.69) is 55.0 Å². The molecule has 1 amide bonds. The summed E-state index contributed by atoms with van der Waals surface area (Å²) in [6.45, 7) is 2.44. The number of hydrogen-bond donors (Lipinski definition) is 1. The zero-order valence-corrected chi connectivity index (χ0v) is 20.4. The van der Waals surface area contributed by atoms with Crippen molar-refractivity contribution in [2.45, 2.75) is 19.4 Å². The Morgan fingerprint density at radius 1 is 1.03 bits per heavy atom. The van der Waals surface area contributed by atoms with Crippen LogP contribution in [0.25, 0.3) is 16.7 Å². The third-order valence-electron chi connectivity index (χ3n) is 6.15. The van der Waals surface area contributed by atoms with Gasteiger partial charge in [-0.3, -0.25) is 14.3 Å². The highest BCUT2D eigenvalue weighted by Crippen LogP contribution is 2.27. The summed E-state index contributed by atoms with van der Waals surface area (Å²) in [5.41, 5.74) is 3.84. The second-order valence-electron chi connectivity index (χ2n) is 8.35. The van der Waals surface area contributed by atoms with Gasteiger partial charge in [-0.15, -0.1) is 0 Å². The van der Waals surface area contributed by atoms with Crippen molar-refractivity contribution in [3.63, 3.8) is 0 Å². The Kier molecular flexibility index (Phi) is 6.49. The molecule has 0 saturated carbocycles. The molecule has 1 saturated heterocycles. The zero-order valence-electron chi connectivity index (χ0n) is 18.0. The van der Waals surface area contributed by atoms with Crippen molar-refractivity contribution in [3.8, 4) is 5.69 Å². The van der Waals surface area contributed by atoms with Crippen LogP contribution < -0.4 is 5.32 Å². The van der Waals surface area contributed by atoms with Gasteiger partial charge in [-0.2, -0.15) is 0 Å². The van der Waals surface area contributed by atoms with Crippen LogP contribution in [0.1, 0.15) is 18.7 Å². The standard InChI is InChI=1S/C26H24BrClN4O/c27-19-6-5-7-20(16-19)32-24-11-4-3-10-23(24)29-25(32)17-31-14-12-18(13-15-31)26(33)30-22-9-2-1-8-21(22)28/h1-11,16,18H,12-15,17H2,(H,30,33). The number of rotatable bonds is 5. The maximum Gasteiger partial charge on any atom is 0.227 e. The van der Waals surface area contributed by atoms with Gasteiger partial charge in [0.05, 0.1) is 28.3 Å². The summed E-state index contributed by atoms with van der Waals surface area (Å²) in [5, 5.41) is 3.55. The molecule has 5 nitrogen and oxygen atoms in total. The number of carbonyl (C=O) groups is 1. The van der Waals surface area contributed by atoms with E-state index in [1.54, 1.807) is 6.07 Å². The molecule has 0 unspecified atom stereocenters. The molecule has 1 N–H and O–H groups in total. The second kappa shape index (κ2) is 9.67. The van der Waals surface area contributed by atoms with E-state index < -0.39 is 0 Å². The van der Waals surface area contributed by atoms with E-state index in [1.165, 1.54) is 0 Å². The number of halogens is 2. The Morgan fingerprint density at radius 3 is 2.58 bits per heavy atom. The summed E-state index contributed by atoms with van der Waals surface area (Å²) in [5.74, 6) is 1.04. The number of likely N-dealkylation sites (tertiary alicyclic amines) is 1. The summed E-state index contributed by atoms with van der Waals surface area (Å²) in [7, 11) is 0. The maximum absolute atomic E-state index is 12.8. The van der Waals surface area contributed by atoms with Crippen LogP contribution in [-0.4, -0.2) is 33.4 Å². The van der Waals surface area contributed by atoms with Crippen LogP contribution in [0.3, 0.4) is 0 Å². The quantitative estimate of drug-likeness (QED) is 0.334. The van der Waals surface area contributed by atoms with Crippen molar-refractivity contribution >= 4 is 50.2 Å². The molecule has 1 aliphatic heterocycles. The number of carbonyl (C=O) groups excluding carboxylic acids is 1. The minimum absolute atomic E-state index is 0.0126. The Bertz CT molecular complexity index is 1300. The van der Waals surface area contributed by atoms with Gasteiger partial charge >= 0.3 is 0 Å². The van der Waals surface area contributed by atoms with Crippen molar-refractivity contribution in [1.29, 1.82) is 0 Å². The van der Waals surface area contributed by atoms with E-state index in [-0.39, 0.29) is 11.8 Å². The van der Waals surface area contributed by atoms with Crippen molar-refractivity contribution in [2.24, 2.45) is 5.92 Å². The third kappa shape index (κ3) is 4.83. The molecular formula is C26H24BrClN4O. The monoisotopic (exact) mass is 522 g/mol. The zero-order chi connectivity index (χ0) is 22.8. The Balaban J connectivity index is 1.30. The van der Waals surface area contributed by atoms with Gasteiger partial charge < -0.3 is 5.32 Å². The van der Waals surface area contributed by atoms with Crippen molar-refractivity contribution in [2.75, 3.05) is 18.4 Å². The fourth-order valence-electron chi connectivity index (χ4n) is 4.44. The van der Waals surface area contributed by atoms with Crippen molar-refractivity contribution in [3.05, 3.63) is 88.1 Å². The summed E-state index contributed by atoms with van der Waals surface area (Å²) in [6.07, 6.45) is 1.63. The lowest BCUT2D eigenvalue weighted by Crippen LogP contribution is -2.38. The van der Waals surface area contributed by atoms with E-state index in [0.29, 0.717) is 10.7 Å². The van der Waals surface area contributed by atoms with Gasteiger partial charge in [0.15, 0.2) is 0 Å². The van der Waals surface area contributed by atoms with Gasteiger partial charge in [0.2, 0.25) is 5.91 Å². The summed E-state index contributed by atoms with van der Waals surface area (Å²) in [4.78, 5) is 20.1. The minimum Gasteiger partial charge on any atom is -0.325 e. The first kappa shape index (κ1) is 22.1. The van der Waals surface area contributed by atoms with Gasteiger partial charge in [-0.1, -0.05) is 57.9 Å². The van der Waals surface area contributed by atoms with Crippen LogP contribution in [0.15, 0.2) is 77.3 Å². The van der Waals surface area contributed by atoms with Crippen molar-refractivity contribution < 1.29 is 4.79 Å². The highest BCUT2D eigenvalue weighted by atomic mass is 79.9. The summed E-state index contributed by atoms with van der Waals surface area (Å²) >= 11 is 9.79. The number of aromatic nitrogens is 2. The molecule has 0 atom stereocenters. The van der Waals surface area contributed by atoms with E-state index in [9.17, 15) is 4.79 Å². The number of para-hydroxylation sites is 3. The molecule has 2 heterocycles. The normalized spacial score (nSPS) is 15.1. The Morgan fingerprint density at radius 2 is 1.79 bits per heavy atom. The second-order valence-corrected chi connectivity index (χ2v) is 9.67. The van der Waals surface area contributed by atoms with E-state index in [4.69, 9.17) is 16.6 Å². The lowest BCUT2D eigenvalue weighted by molar-refractivity contribution is -0.121. The number of hydrogen-bond acceptors (Lipinski definition) is 3. The molecule has 1 fully saturated rings. The lowest BCUT2D eigenvalue weighted by atomic mass is 9.96. The van der Waals surface area contributed by atoms with E-state index >= 15 is 0 Å². The van der Waals surface area contributed by atoms with Crippen LogP contribution in [0.4, 0.5) is 5.69 Å². The molecule has 0 spiro atoms. The van der Waals surface area contributed by atoms with Gasteiger partial charge in [0, 0.05) is 16.1 Å². The lowest BCUT2D eigenvalue weighted by Gasteiger charge is -2.31. The smallest absolute Gasteiger partial charge is 0.227 e. The van der Waals surface area contributed by atoms with Crippen LogP contribution in [0.2, 0.25) is 5.02 Å². The van der Waals surface area contributed by atoms with Gasteiger partial charge in [0.25, 0.3) is 0 Å². The molecule has 0 radical (unpaired) electrons. The Hall–Kier alpha value is -2.67. The number of piperidine rings is 1. The first-order valence-corrected chi connectivity index (χ1v) is 12.3. The van der Waals surface area contributed by atoms with E-state index in [1.807, 2.05) is 42.5 Å². The van der Waals surface area contributed by atoms with Gasteiger partial charge in [-0.25, -0.2) is 4.98 Å². The molecular weight excluding hydrogens is 500 g/mol. The molecule has 7 heteroatoms. The van der Waals surface area contributed by atoms with Crippen molar-refractivity contribution in [1.82, 2.24) is 14.5 Å². The number of amides is 1. The molecule has 5 rings (SSSR count). The molecule has 33 heavy (non-hydrogen) atoms. The van der Waals surface area contributed by atoms with Gasteiger partial charge in [0.1, 0.15) is 5.82 Å². The molecule has 168 valence electrons. The van der Waals surface area contributed by atoms with E-state index in [0.717, 1.165) is 59.5 Å². The first-order chi connectivity index (χ1) is 16.1. The largest absolute Gasteiger partial charge is 0.325 e. The predicted molar refractivity (Wildman–Crippen MR) is 137 cm³/mol. The maximum atomic E-state index is 12.8. The van der Waals surface area contributed by atoms with Crippen LogP contribution >= 0.6 is 27.5 Å². The molecule has 4 aromatic rings. The molecule has 3 aromatic carbocycles. The number of imidazole rings is 1. The topological polar surface area (TPSA) is 50.2 Å². The summed E-state index contributed by atoms with van der Waals surface area (Å²) in [6, 6.07) is 23.9. The number of benzene rings is 3. The summed E-state index contributed by atoms with van der Waals surface area (Å²) < 4.78 is 3.27. The fraction of sp³-hybridized carbons (Fsp3) is 0.231. The first-order valence-electron chi connectivity index (χ1n) is 11.1. The van der Waals surface area contributed by atoms with Crippen LogP contribution in [-0.2, 0) is 11.3 Å². The molecule has 0 bridgehead atoms. The molecule has 1 aromatic heterocycles. The molecule has 1 aliphatic rings. The number of nitrogens with one attached hydrogen (secondary N) is 1.